The smallest absolute Gasteiger partial charge is 0.322 e. The molecule has 0 spiro atoms. The first-order valence-electron chi connectivity index (χ1n) is 2.50. The molecule has 0 aliphatic carbocycles. The SMILES string of the molecule is C=C(Cl)CC(NCl)C(=O)O. The van der Waals surface area contributed by atoms with Gasteiger partial charge in [-0.1, -0.05) is 18.2 Å². The van der Waals surface area contributed by atoms with Crippen LogP contribution in [0.2, 0.25) is 0 Å². The molecule has 0 aromatic carbocycles. The predicted molar refractivity (Wildman–Crippen MR) is 40.0 cm³/mol. The zero-order chi connectivity index (χ0) is 8.15. The molecule has 0 bridgehead atoms. The zero-order valence-electron chi connectivity index (χ0n) is 5.10. The number of aliphatic carboxylic acids is 1. The van der Waals surface area contributed by atoms with Crippen LogP contribution in [0.15, 0.2) is 11.6 Å². The van der Waals surface area contributed by atoms with E-state index in [0.717, 1.165) is 0 Å². The number of halogens is 2. The second-order valence-corrected chi connectivity index (χ2v) is 2.47. The molecule has 0 radical (unpaired) electrons. The normalized spacial score (nSPS) is 12.6. The molecule has 5 heteroatoms. The van der Waals surface area contributed by atoms with E-state index < -0.39 is 12.0 Å². The van der Waals surface area contributed by atoms with E-state index >= 15 is 0 Å². The molecule has 0 amide bonds. The van der Waals surface area contributed by atoms with E-state index in [4.69, 9.17) is 28.5 Å². The van der Waals surface area contributed by atoms with Gasteiger partial charge in [-0.2, -0.15) is 0 Å². The van der Waals surface area contributed by atoms with Crippen LogP contribution in [-0.2, 0) is 4.79 Å². The van der Waals surface area contributed by atoms with Gasteiger partial charge in [-0.3, -0.25) is 4.79 Å². The summed E-state index contributed by atoms with van der Waals surface area (Å²) in [7, 11) is 0. The maximum absolute atomic E-state index is 10.2. The van der Waals surface area contributed by atoms with E-state index in [-0.39, 0.29) is 11.5 Å². The summed E-state index contributed by atoms with van der Waals surface area (Å²) in [4.78, 5) is 12.3. The van der Waals surface area contributed by atoms with Crippen LogP contribution in [0.5, 0.6) is 0 Å². The van der Waals surface area contributed by atoms with Gasteiger partial charge in [0.25, 0.3) is 0 Å². The van der Waals surface area contributed by atoms with E-state index in [2.05, 4.69) is 11.4 Å². The summed E-state index contributed by atoms with van der Waals surface area (Å²) < 4.78 is 0. The Morgan fingerprint density at radius 1 is 1.80 bits per heavy atom. The molecule has 2 N–H and O–H groups in total. The predicted octanol–water partition coefficient (Wildman–Crippen LogP) is 1.33. The second kappa shape index (κ2) is 4.55. The molecular weight excluding hydrogens is 177 g/mol. The molecule has 0 heterocycles. The molecule has 0 aromatic heterocycles. The van der Waals surface area contributed by atoms with Gasteiger partial charge in [-0.25, -0.2) is 4.84 Å². The molecule has 1 unspecified atom stereocenters. The Labute approximate surface area is 68.7 Å². The summed E-state index contributed by atoms with van der Waals surface area (Å²) in [6, 6.07) is -0.855. The Morgan fingerprint density at radius 2 is 2.30 bits per heavy atom. The van der Waals surface area contributed by atoms with E-state index in [1.807, 2.05) is 0 Å². The van der Waals surface area contributed by atoms with E-state index in [9.17, 15) is 4.79 Å². The monoisotopic (exact) mass is 183 g/mol. The lowest BCUT2D eigenvalue weighted by Crippen LogP contribution is -2.30. The summed E-state index contributed by atoms with van der Waals surface area (Å²) in [5.41, 5.74) is 0. The molecule has 58 valence electrons. The number of hydrogen-bond acceptors (Lipinski definition) is 2. The number of rotatable bonds is 4. The first kappa shape index (κ1) is 9.75. The molecule has 10 heavy (non-hydrogen) atoms. The van der Waals surface area contributed by atoms with E-state index in [1.54, 1.807) is 0 Å². The molecular formula is C5H7Cl2NO2. The number of carbonyl (C=O) groups is 1. The largest absolute Gasteiger partial charge is 0.480 e. The van der Waals surface area contributed by atoms with Crippen LogP contribution < -0.4 is 4.84 Å². The molecule has 1 atom stereocenters. The highest BCUT2D eigenvalue weighted by Crippen LogP contribution is 2.07. The van der Waals surface area contributed by atoms with E-state index in [0.29, 0.717) is 0 Å². The van der Waals surface area contributed by atoms with Crippen molar-refractivity contribution in [1.29, 1.82) is 0 Å². The van der Waals surface area contributed by atoms with Crippen molar-refractivity contribution in [3.8, 4) is 0 Å². The van der Waals surface area contributed by atoms with Crippen molar-refractivity contribution in [2.24, 2.45) is 0 Å². The minimum atomic E-state index is -1.04. The van der Waals surface area contributed by atoms with Gasteiger partial charge in [-0.15, -0.1) is 0 Å². The van der Waals surface area contributed by atoms with Crippen molar-refractivity contribution >= 4 is 29.3 Å². The Morgan fingerprint density at radius 3 is 2.40 bits per heavy atom. The summed E-state index contributed by atoms with van der Waals surface area (Å²) >= 11 is 10.4. The van der Waals surface area contributed by atoms with Gasteiger partial charge in [0.15, 0.2) is 0 Å². The number of carboxylic acids is 1. The first-order chi connectivity index (χ1) is 4.57. The van der Waals surface area contributed by atoms with Gasteiger partial charge < -0.3 is 5.11 Å². The molecule has 0 rings (SSSR count). The van der Waals surface area contributed by atoms with Crippen molar-refractivity contribution in [2.45, 2.75) is 12.5 Å². The van der Waals surface area contributed by atoms with Crippen LogP contribution in [0.1, 0.15) is 6.42 Å². The van der Waals surface area contributed by atoms with Crippen LogP contribution in [0.4, 0.5) is 0 Å². The molecule has 0 saturated carbocycles. The van der Waals surface area contributed by atoms with Crippen LogP contribution in [0, 0.1) is 0 Å². The summed E-state index contributed by atoms with van der Waals surface area (Å²) in [6.45, 7) is 3.33. The maximum atomic E-state index is 10.2. The third-order valence-electron chi connectivity index (χ3n) is 0.855. The fraction of sp³-hybridized carbons (Fsp3) is 0.400. The highest BCUT2D eigenvalue weighted by Gasteiger charge is 2.15. The van der Waals surface area contributed by atoms with Gasteiger partial charge in [-0.05, 0) is 11.8 Å². The lowest BCUT2D eigenvalue weighted by molar-refractivity contribution is -0.138. The van der Waals surface area contributed by atoms with Crippen LogP contribution in [0.3, 0.4) is 0 Å². The standard InChI is InChI=1S/C5H7Cl2NO2/c1-3(6)2-4(8-7)5(9)10/h4,8H,1-2H2,(H,9,10). The third-order valence-corrected chi connectivity index (χ3v) is 1.27. The minimum absolute atomic E-state index is 0.125. The fourth-order valence-corrected chi connectivity index (χ4v) is 0.719. The van der Waals surface area contributed by atoms with E-state index in [1.165, 1.54) is 0 Å². The van der Waals surface area contributed by atoms with Crippen molar-refractivity contribution in [2.75, 3.05) is 0 Å². The third kappa shape index (κ3) is 3.71. The highest BCUT2D eigenvalue weighted by molar-refractivity contribution is 6.29. The Bertz CT molecular complexity index is 149. The second-order valence-electron chi connectivity index (χ2n) is 1.72. The zero-order valence-corrected chi connectivity index (χ0v) is 6.61. The van der Waals surface area contributed by atoms with Crippen LogP contribution >= 0.6 is 23.4 Å². The number of carboxylic acid groups (broad SMARTS) is 1. The number of nitrogens with one attached hydrogen (secondary N) is 1. The highest BCUT2D eigenvalue weighted by atomic mass is 35.5. The van der Waals surface area contributed by atoms with Gasteiger partial charge in [0.05, 0.1) is 0 Å². The molecule has 0 aromatic rings. The van der Waals surface area contributed by atoms with Crippen molar-refractivity contribution in [3.05, 3.63) is 11.6 Å². The maximum Gasteiger partial charge on any atom is 0.322 e. The lowest BCUT2D eigenvalue weighted by Gasteiger charge is -2.06. The lowest BCUT2D eigenvalue weighted by atomic mass is 10.2. The minimum Gasteiger partial charge on any atom is -0.480 e. The quantitative estimate of drug-likeness (QED) is 0.647. The van der Waals surface area contributed by atoms with Gasteiger partial charge in [0.2, 0.25) is 0 Å². The average molecular weight is 184 g/mol. The summed E-state index contributed by atoms with van der Waals surface area (Å²) in [6.07, 6.45) is 0.125. The molecule has 0 aliphatic heterocycles. The van der Waals surface area contributed by atoms with Gasteiger partial charge in [0, 0.05) is 11.5 Å². The molecule has 0 aliphatic rings. The first-order valence-corrected chi connectivity index (χ1v) is 3.25. The Hall–Kier alpha value is -0.250. The topological polar surface area (TPSA) is 49.3 Å². The van der Waals surface area contributed by atoms with Gasteiger partial charge in [0.1, 0.15) is 6.04 Å². The Balaban J connectivity index is 3.83. The van der Waals surface area contributed by atoms with Crippen LogP contribution in [0.25, 0.3) is 0 Å². The summed E-state index contributed by atoms with van der Waals surface area (Å²) in [5, 5.41) is 8.64. The molecule has 0 saturated heterocycles. The summed E-state index contributed by atoms with van der Waals surface area (Å²) in [5.74, 6) is -1.04. The average Bonchev–Trinajstić information content (AvgIpc) is 1.81. The number of hydrogen-bond donors (Lipinski definition) is 2. The van der Waals surface area contributed by atoms with Crippen molar-refractivity contribution in [3.63, 3.8) is 0 Å². The van der Waals surface area contributed by atoms with Gasteiger partial charge >= 0.3 is 5.97 Å². The van der Waals surface area contributed by atoms with Crippen LogP contribution in [-0.4, -0.2) is 17.1 Å². The molecule has 3 nitrogen and oxygen atoms in total. The Kier molecular flexibility index (Phi) is 4.43. The fourth-order valence-electron chi connectivity index (χ4n) is 0.394. The van der Waals surface area contributed by atoms with Crippen molar-refractivity contribution < 1.29 is 9.90 Å². The van der Waals surface area contributed by atoms with Crippen molar-refractivity contribution in [1.82, 2.24) is 4.84 Å². The molecule has 0 fully saturated rings.